The van der Waals surface area contributed by atoms with E-state index in [0.717, 1.165) is 12.5 Å². The highest BCUT2D eigenvalue weighted by Gasteiger charge is 2.12. The van der Waals surface area contributed by atoms with Crippen LogP contribution in [0.1, 0.15) is 0 Å². The smallest absolute Gasteiger partial charge is 0.229 e. The molecule has 1 aromatic heterocycles. The zero-order valence-corrected chi connectivity index (χ0v) is 14.9. The van der Waals surface area contributed by atoms with Crippen LogP contribution in [0.5, 0.6) is 0 Å². The van der Waals surface area contributed by atoms with Crippen LogP contribution >= 0.6 is 0 Å². The molecule has 0 saturated carbocycles. The number of halogens is 2. The lowest BCUT2D eigenvalue weighted by Crippen LogP contribution is -2.11. The Balaban J connectivity index is 1.88. The molecule has 3 N–H and O–H groups in total. The van der Waals surface area contributed by atoms with Crippen LogP contribution in [0.15, 0.2) is 54.7 Å². The van der Waals surface area contributed by atoms with E-state index in [4.69, 9.17) is 0 Å². The van der Waals surface area contributed by atoms with Gasteiger partial charge in [-0.15, -0.1) is 0 Å². The number of hydrogen-bond acceptors (Lipinski definition) is 6. The molecule has 0 radical (unpaired) electrons. The van der Waals surface area contributed by atoms with Crippen LogP contribution < -0.4 is 15.4 Å². The molecule has 0 aliphatic heterocycles. The van der Waals surface area contributed by atoms with Crippen LogP contribution in [0.4, 0.5) is 37.6 Å². The molecule has 1 heterocycles. The van der Waals surface area contributed by atoms with Gasteiger partial charge in [-0.25, -0.2) is 22.2 Å². The Morgan fingerprint density at radius 2 is 1.70 bits per heavy atom. The molecule has 0 unspecified atom stereocenters. The van der Waals surface area contributed by atoms with Crippen LogP contribution in [-0.4, -0.2) is 24.6 Å². The van der Waals surface area contributed by atoms with E-state index in [2.05, 4.69) is 25.3 Å². The molecule has 0 saturated heterocycles. The molecular weight excluding hydrogens is 376 g/mol. The number of hydrogen-bond donors (Lipinski definition) is 3. The Morgan fingerprint density at radius 3 is 2.41 bits per heavy atom. The van der Waals surface area contributed by atoms with Crippen molar-refractivity contribution in [1.29, 1.82) is 0 Å². The van der Waals surface area contributed by atoms with Gasteiger partial charge in [-0.05, 0) is 30.3 Å². The Labute approximate surface area is 154 Å². The summed E-state index contributed by atoms with van der Waals surface area (Å²) in [5, 5.41) is 5.50. The van der Waals surface area contributed by atoms with E-state index in [1.165, 1.54) is 24.3 Å². The van der Waals surface area contributed by atoms with Crippen molar-refractivity contribution in [2.24, 2.45) is 0 Å². The maximum absolute atomic E-state index is 14.1. The molecule has 140 valence electrons. The number of rotatable bonds is 6. The SMILES string of the molecule is CS(=O)(=O)Nc1ccccc1Nc1nc(Nc2cccc(F)c2)ncc1F. The van der Waals surface area contributed by atoms with Gasteiger partial charge in [-0.3, -0.25) is 4.72 Å². The number of nitrogens with one attached hydrogen (secondary N) is 3. The summed E-state index contributed by atoms with van der Waals surface area (Å²) in [4.78, 5) is 7.84. The molecule has 0 bridgehead atoms. The van der Waals surface area contributed by atoms with Crippen molar-refractivity contribution in [1.82, 2.24) is 9.97 Å². The van der Waals surface area contributed by atoms with Crippen molar-refractivity contribution >= 4 is 38.9 Å². The molecule has 0 amide bonds. The van der Waals surface area contributed by atoms with E-state index in [0.29, 0.717) is 11.4 Å². The van der Waals surface area contributed by atoms with Gasteiger partial charge in [0.05, 0.1) is 23.8 Å². The molecule has 0 spiro atoms. The maximum atomic E-state index is 14.1. The summed E-state index contributed by atoms with van der Waals surface area (Å²) in [5.74, 6) is -1.32. The number of para-hydroxylation sites is 2. The minimum absolute atomic E-state index is 0.0399. The molecule has 7 nitrogen and oxygen atoms in total. The van der Waals surface area contributed by atoms with Gasteiger partial charge in [0.2, 0.25) is 16.0 Å². The number of anilines is 5. The van der Waals surface area contributed by atoms with E-state index in [-0.39, 0.29) is 17.5 Å². The Kier molecular flexibility index (Phi) is 5.17. The highest BCUT2D eigenvalue weighted by molar-refractivity contribution is 7.92. The maximum Gasteiger partial charge on any atom is 0.229 e. The predicted octanol–water partition coefficient (Wildman–Crippen LogP) is 3.61. The zero-order valence-electron chi connectivity index (χ0n) is 14.1. The summed E-state index contributed by atoms with van der Waals surface area (Å²) in [7, 11) is -3.52. The molecule has 0 atom stereocenters. The third-order valence-corrected chi connectivity index (χ3v) is 3.89. The van der Waals surface area contributed by atoms with Crippen molar-refractivity contribution in [3.8, 4) is 0 Å². The van der Waals surface area contributed by atoms with Gasteiger partial charge in [0.25, 0.3) is 0 Å². The van der Waals surface area contributed by atoms with Gasteiger partial charge in [0, 0.05) is 5.69 Å². The fourth-order valence-electron chi connectivity index (χ4n) is 2.22. The molecule has 27 heavy (non-hydrogen) atoms. The predicted molar refractivity (Wildman–Crippen MR) is 99.9 cm³/mol. The van der Waals surface area contributed by atoms with Crippen molar-refractivity contribution < 1.29 is 17.2 Å². The van der Waals surface area contributed by atoms with Crippen LogP contribution in [0, 0.1) is 11.6 Å². The lowest BCUT2D eigenvalue weighted by molar-refractivity contribution is 0.607. The molecule has 0 aliphatic rings. The van der Waals surface area contributed by atoms with Gasteiger partial charge in [0.15, 0.2) is 11.6 Å². The first kappa shape index (κ1) is 18.5. The van der Waals surface area contributed by atoms with Crippen molar-refractivity contribution in [2.45, 2.75) is 0 Å². The summed E-state index contributed by atoms with van der Waals surface area (Å²) in [6, 6.07) is 12.0. The lowest BCUT2D eigenvalue weighted by Gasteiger charge is -2.13. The molecular formula is C17H15F2N5O2S. The Morgan fingerprint density at radius 1 is 0.963 bits per heavy atom. The first-order valence-corrected chi connectivity index (χ1v) is 9.58. The van der Waals surface area contributed by atoms with E-state index in [9.17, 15) is 17.2 Å². The van der Waals surface area contributed by atoms with Gasteiger partial charge >= 0.3 is 0 Å². The highest BCUT2D eigenvalue weighted by atomic mass is 32.2. The van der Waals surface area contributed by atoms with Crippen molar-refractivity contribution in [2.75, 3.05) is 21.6 Å². The van der Waals surface area contributed by atoms with E-state index in [1.54, 1.807) is 24.3 Å². The third-order valence-electron chi connectivity index (χ3n) is 3.30. The minimum atomic E-state index is -3.52. The molecule has 3 aromatic rings. The van der Waals surface area contributed by atoms with Crippen LogP contribution in [0.3, 0.4) is 0 Å². The number of nitrogens with zero attached hydrogens (tertiary/aromatic N) is 2. The van der Waals surface area contributed by atoms with Gasteiger partial charge in [0.1, 0.15) is 5.82 Å². The average Bonchev–Trinajstić information content (AvgIpc) is 2.58. The normalized spacial score (nSPS) is 11.1. The second-order valence-corrected chi connectivity index (χ2v) is 7.32. The Bertz CT molecular complexity index is 1080. The van der Waals surface area contributed by atoms with Crippen LogP contribution in [-0.2, 0) is 10.0 Å². The van der Waals surface area contributed by atoms with Crippen molar-refractivity contribution in [3.63, 3.8) is 0 Å². The van der Waals surface area contributed by atoms with E-state index in [1.807, 2.05) is 0 Å². The molecule has 2 aromatic carbocycles. The summed E-state index contributed by atoms with van der Waals surface area (Å²) >= 11 is 0. The first-order chi connectivity index (χ1) is 12.8. The summed E-state index contributed by atoms with van der Waals surface area (Å²) < 4.78 is 52.7. The minimum Gasteiger partial charge on any atom is -0.336 e. The summed E-state index contributed by atoms with van der Waals surface area (Å²) in [6.07, 6.45) is 1.96. The van der Waals surface area contributed by atoms with Gasteiger partial charge in [-0.2, -0.15) is 4.98 Å². The summed E-state index contributed by atoms with van der Waals surface area (Å²) in [6.45, 7) is 0. The number of benzene rings is 2. The third kappa shape index (κ3) is 5.11. The summed E-state index contributed by atoms with van der Waals surface area (Å²) in [5.41, 5.74) is 0.932. The number of sulfonamides is 1. The van der Waals surface area contributed by atoms with Gasteiger partial charge < -0.3 is 10.6 Å². The second kappa shape index (κ2) is 7.54. The second-order valence-electron chi connectivity index (χ2n) is 5.57. The van der Waals surface area contributed by atoms with Crippen LogP contribution in [0.25, 0.3) is 0 Å². The van der Waals surface area contributed by atoms with E-state index >= 15 is 0 Å². The highest BCUT2D eigenvalue weighted by Crippen LogP contribution is 2.27. The van der Waals surface area contributed by atoms with Gasteiger partial charge in [-0.1, -0.05) is 18.2 Å². The zero-order chi connectivity index (χ0) is 19.4. The monoisotopic (exact) mass is 391 g/mol. The molecule has 10 heteroatoms. The largest absolute Gasteiger partial charge is 0.336 e. The first-order valence-electron chi connectivity index (χ1n) is 7.69. The topological polar surface area (TPSA) is 96.0 Å². The lowest BCUT2D eigenvalue weighted by atomic mass is 10.2. The average molecular weight is 391 g/mol. The standard InChI is InChI=1S/C17H15F2N5O2S/c1-27(25,26)24-15-8-3-2-7-14(15)22-16-13(19)10-20-17(23-16)21-12-6-4-5-11(18)9-12/h2-10,24H,1H3,(H2,20,21,22,23). The van der Waals surface area contributed by atoms with Crippen molar-refractivity contribution in [3.05, 3.63) is 66.4 Å². The fourth-order valence-corrected chi connectivity index (χ4v) is 2.80. The molecule has 0 aliphatic carbocycles. The Hall–Kier alpha value is -3.27. The molecule has 0 fully saturated rings. The van der Waals surface area contributed by atoms with Crippen LogP contribution in [0.2, 0.25) is 0 Å². The van der Waals surface area contributed by atoms with E-state index < -0.39 is 21.7 Å². The quantitative estimate of drug-likeness (QED) is 0.594. The number of aromatic nitrogens is 2. The molecule has 3 rings (SSSR count). The fraction of sp³-hybridized carbons (Fsp3) is 0.0588.